The maximum absolute atomic E-state index is 5.92. The minimum Gasteiger partial charge on any atom is -0.493 e. The minimum atomic E-state index is 0.573. The molecule has 0 aliphatic heterocycles. The lowest BCUT2D eigenvalue weighted by Crippen LogP contribution is -2.01. The van der Waals surface area contributed by atoms with Crippen LogP contribution in [-0.2, 0) is 6.54 Å². The van der Waals surface area contributed by atoms with E-state index >= 15 is 0 Å². The standard InChI is InChI=1S/C23H19ClN4OS/c24-18-10-12-19(13-11-18)29-14-15-30-23-26-25-22-27(16-17-6-2-1-3-7-17)20-8-4-5-9-21(20)28(22)23/h1-13H,14-16H2. The Balaban J connectivity index is 1.38. The minimum absolute atomic E-state index is 0.573. The molecule has 0 aliphatic carbocycles. The van der Waals surface area contributed by atoms with Crippen LogP contribution in [0.2, 0.25) is 5.02 Å². The lowest BCUT2D eigenvalue weighted by Gasteiger charge is -2.05. The van der Waals surface area contributed by atoms with Gasteiger partial charge >= 0.3 is 0 Å². The molecule has 0 fully saturated rings. The first-order valence-corrected chi connectivity index (χ1v) is 11.0. The first-order chi connectivity index (χ1) is 14.8. The lowest BCUT2D eigenvalue weighted by molar-refractivity contribution is 0.344. The van der Waals surface area contributed by atoms with Gasteiger partial charge in [-0.3, -0.25) is 4.40 Å². The molecule has 30 heavy (non-hydrogen) atoms. The third kappa shape index (κ3) is 3.76. The first kappa shape index (κ1) is 19.0. The third-order valence-electron chi connectivity index (χ3n) is 4.85. The lowest BCUT2D eigenvalue weighted by atomic mass is 10.2. The summed E-state index contributed by atoms with van der Waals surface area (Å²) < 4.78 is 10.1. The van der Waals surface area contributed by atoms with Crippen molar-refractivity contribution in [2.75, 3.05) is 12.4 Å². The smallest absolute Gasteiger partial charge is 0.237 e. The Kier molecular flexibility index (Phi) is 5.34. The summed E-state index contributed by atoms with van der Waals surface area (Å²) in [6.45, 7) is 1.32. The molecule has 150 valence electrons. The summed E-state index contributed by atoms with van der Waals surface area (Å²) in [6.07, 6.45) is 0. The van der Waals surface area contributed by atoms with Crippen LogP contribution in [0.4, 0.5) is 0 Å². The molecule has 2 aromatic heterocycles. The maximum Gasteiger partial charge on any atom is 0.237 e. The van der Waals surface area contributed by atoms with Crippen molar-refractivity contribution in [2.24, 2.45) is 0 Å². The number of hydrogen-bond acceptors (Lipinski definition) is 4. The van der Waals surface area contributed by atoms with E-state index < -0.39 is 0 Å². The fraction of sp³-hybridized carbons (Fsp3) is 0.130. The van der Waals surface area contributed by atoms with Crippen LogP contribution in [-0.4, -0.2) is 31.5 Å². The van der Waals surface area contributed by atoms with Gasteiger partial charge in [0, 0.05) is 10.8 Å². The van der Waals surface area contributed by atoms with Gasteiger partial charge in [-0.1, -0.05) is 65.8 Å². The first-order valence-electron chi connectivity index (χ1n) is 9.67. The predicted molar refractivity (Wildman–Crippen MR) is 122 cm³/mol. The average molecular weight is 435 g/mol. The van der Waals surface area contributed by atoms with Gasteiger partial charge < -0.3 is 9.30 Å². The number of rotatable bonds is 7. The Labute approximate surface area is 183 Å². The number of para-hydroxylation sites is 2. The monoisotopic (exact) mass is 434 g/mol. The predicted octanol–water partition coefficient (Wildman–Crippen LogP) is 5.56. The molecule has 0 unspecified atom stereocenters. The third-order valence-corrected chi connectivity index (χ3v) is 6.00. The Morgan fingerprint density at radius 3 is 2.37 bits per heavy atom. The van der Waals surface area contributed by atoms with Crippen LogP contribution < -0.4 is 4.74 Å². The molecule has 0 amide bonds. The van der Waals surface area contributed by atoms with Crippen LogP contribution in [0.15, 0.2) is 84.0 Å². The molecule has 0 bridgehead atoms. The molecule has 5 rings (SSSR count). The van der Waals surface area contributed by atoms with Gasteiger partial charge in [0.1, 0.15) is 5.75 Å². The van der Waals surface area contributed by atoms with E-state index in [0.29, 0.717) is 11.6 Å². The number of thioether (sulfide) groups is 1. The average Bonchev–Trinajstić information content (AvgIpc) is 3.33. The molecule has 0 N–H and O–H groups in total. The summed E-state index contributed by atoms with van der Waals surface area (Å²) in [5.41, 5.74) is 3.48. The quantitative estimate of drug-likeness (QED) is 0.248. The van der Waals surface area contributed by atoms with Crippen LogP contribution in [0.1, 0.15) is 5.56 Å². The van der Waals surface area contributed by atoms with Gasteiger partial charge in [-0.15, -0.1) is 10.2 Å². The number of imidazole rings is 1. The number of ether oxygens (including phenoxy) is 1. The number of benzene rings is 3. The Morgan fingerprint density at radius 1 is 0.833 bits per heavy atom. The van der Waals surface area contributed by atoms with Crippen LogP contribution in [0, 0.1) is 0 Å². The van der Waals surface area contributed by atoms with Crippen molar-refractivity contribution in [3.8, 4) is 5.75 Å². The molecule has 0 saturated heterocycles. The molecule has 5 nitrogen and oxygen atoms in total. The number of hydrogen-bond donors (Lipinski definition) is 0. The molecule has 5 aromatic rings. The van der Waals surface area contributed by atoms with Crippen molar-refractivity contribution in [2.45, 2.75) is 11.7 Å². The van der Waals surface area contributed by atoms with Gasteiger partial charge in [0.2, 0.25) is 5.78 Å². The highest BCUT2D eigenvalue weighted by molar-refractivity contribution is 7.99. The van der Waals surface area contributed by atoms with E-state index in [0.717, 1.165) is 40.0 Å². The molecular formula is C23H19ClN4OS. The van der Waals surface area contributed by atoms with Crippen molar-refractivity contribution in [1.29, 1.82) is 0 Å². The van der Waals surface area contributed by atoms with Gasteiger partial charge in [-0.05, 0) is 42.0 Å². The second-order valence-electron chi connectivity index (χ2n) is 6.83. The van der Waals surface area contributed by atoms with Crippen LogP contribution in [0.25, 0.3) is 16.8 Å². The highest BCUT2D eigenvalue weighted by atomic mass is 35.5. The van der Waals surface area contributed by atoms with E-state index in [-0.39, 0.29) is 0 Å². The highest BCUT2D eigenvalue weighted by Crippen LogP contribution is 2.26. The van der Waals surface area contributed by atoms with E-state index in [2.05, 4.69) is 61.6 Å². The number of fused-ring (bicyclic) bond motifs is 3. The zero-order valence-corrected chi connectivity index (χ0v) is 17.7. The summed E-state index contributed by atoms with van der Waals surface area (Å²) in [4.78, 5) is 0. The number of aromatic nitrogens is 4. The number of nitrogens with zero attached hydrogens (tertiary/aromatic N) is 4. The molecule has 7 heteroatoms. The summed E-state index contributed by atoms with van der Waals surface area (Å²) in [5.74, 6) is 2.42. The molecule has 0 radical (unpaired) electrons. The van der Waals surface area contributed by atoms with Crippen LogP contribution in [0.5, 0.6) is 5.75 Å². The second-order valence-corrected chi connectivity index (χ2v) is 8.33. The van der Waals surface area contributed by atoms with Gasteiger partial charge in [-0.2, -0.15) is 0 Å². The fourth-order valence-electron chi connectivity index (χ4n) is 3.48. The van der Waals surface area contributed by atoms with Crippen molar-refractivity contribution < 1.29 is 4.74 Å². The Hall–Kier alpha value is -2.96. The Bertz CT molecular complexity index is 1280. The largest absolute Gasteiger partial charge is 0.493 e. The van der Waals surface area contributed by atoms with E-state index in [9.17, 15) is 0 Å². The summed E-state index contributed by atoms with van der Waals surface area (Å²) in [6, 6.07) is 26.2. The molecular weight excluding hydrogens is 416 g/mol. The van der Waals surface area contributed by atoms with Crippen molar-refractivity contribution >= 4 is 40.2 Å². The van der Waals surface area contributed by atoms with Crippen LogP contribution >= 0.6 is 23.4 Å². The SMILES string of the molecule is Clc1ccc(OCCSc2nnc3n(Cc4ccccc4)c4ccccc4n23)cc1. The van der Waals surface area contributed by atoms with Crippen LogP contribution in [0.3, 0.4) is 0 Å². The van der Waals surface area contributed by atoms with Crippen molar-refractivity contribution in [1.82, 2.24) is 19.2 Å². The van der Waals surface area contributed by atoms with Gasteiger partial charge in [0.25, 0.3) is 0 Å². The Morgan fingerprint density at radius 2 is 1.57 bits per heavy atom. The van der Waals surface area contributed by atoms with Gasteiger partial charge in [-0.25, -0.2) is 0 Å². The van der Waals surface area contributed by atoms with Crippen molar-refractivity contribution in [3.63, 3.8) is 0 Å². The molecule has 2 heterocycles. The summed E-state index contributed by atoms with van der Waals surface area (Å²) in [7, 11) is 0. The van der Waals surface area contributed by atoms with Gasteiger partial charge in [0.05, 0.1) is 24.2 Å². The zero-order chi connectivity index (χ0) is 20.3. The molecule has 3 aromatic carbocycles. The van der Waals surface area contributed by atoms with Gasteiger partial charge in [0.15, 0.2) is 5.16 Å². The summed E-state index contributed by atoms with van der Waals surface area (Å²) in [5, 5.41) is 10.5. The normalized spacial score (nSPS) is 11.4. The summed E-state index contributed by atoms with van der Waals surface area (Å²) >= 11 is 7.56. The fourth-order valence-corrected chi connectivity index (χ4v) is 4.36. The van der Waals surface area contributed by atoms with E-state index in [1.165, 1.54) is 5.56 Å². The second kappa shape index (κ2) is 8.42. The number of halogens is 1. The molecule has 0 saturated carbocycles. The topological polar surface area (TPSA) is 44.4 Å². The van der Waals surface area contributed by atoms with Crippen molar-refractivity contribution in [3.05, 3.63) is 89.4 Å². The van der Waals surface area contributed by atoms with E-state index in [1.807, 2.05) is 36.4 Å². The molecule has 0 atom stereocenters. The van der Waals surface area contributed by atoms with E-state index in [1.54, 1.807) is 11.8 Å². The molecule has 0 aliphatic rings. The molecule has 0 spiro atoms. The highest BCUT2D eigenvalue weighted by Gasteiger charge is 2.17. The maximum atomic E-state index is 5.92. The van der Waals surface area contributed by atoms with E-state index in [4.69, 9.17) is 16.3 Å². The zero-order valence-electron chi connectivity index (χ0n) is 16.1.